The molecule has 12 heteroatoms. The van der Waals surface area contributed by atoms with Gasteiger partial charge in [0.15, 0.2) is 10.3 Å². The lowest BCUT2D eigenvalue weighted by Crippen LogP contribution is -2.37. The summed E-state index contributed by atoms with van der Waals surface area (Å²) in [5, 5.41) is 9.67. The molecule has 4 N–H and O–H groups in total. The van der Waals surface area contributed by atoms with E-state index in [4.69, 9.17) is 40.5 Å². The van der Waals surface area contributed by atoms with Gasteiger partial charge in [-0.2, -0.15) is 5.10 Å². The van der Waals surface area contributed by atoms with Gasteiger partial charge in [-0.3, -0.25) is 14.4 Å². The van der Waals surface area contributed by atoms with Gasteiger partial charge in [-0.25, -0.2) is 9.67 Å². The van der Waals surface area contributed by atoms with E-state index < -0.39 is 22.2 Å². The average Bonchev–Trinajstić information content (AvgIpc) is 3.09. The molecule has 0 saturated heterocycles. The molecule has 0 spiro atoms. The quantitative estimate of drug-likeness (QED) is 0.344. The average molecular weight is 510 g/mol. The molecule has 172 valence electrons. The van der Waals surface area contributed by atoms with Crippen molar-refractivity contribution in [2.75, 3.05) is 5.32 Å². The zero-order valence-electron chi connectivity index (χ0n) is 17.7. The highest BCUT2D eigenvalue weighted by Gasteiger charge is 2.26. The van der Waals surface area contributed by atoms with Crippen LogP contribution in [-0.2, 0) is 0 Å². The van der Waals surface area contributed by atoms with Crippen LogP contribution in [0.5, 0.6) is 0 Å². The summed E-state index contributed by atoms with van der Waals surface area (Å²) in [6.07, 6.45) is 1.52. The molecule has 0 aliphatic heterocycles. The van der Waals surface area contributed by atoms with Crippen molar-refractivity contribution in [2.45, 2.75) is 25.2 Å². The van der Waals surface area contributed by atoms with Crippen LogP contribution in [0.4, 0.5) is 5.69 Å². The number of pyridine rings is 1. The van der Waals surface area contributed by atoms with Crippen LogP contribution < -0.4 is 16.4 Å². The highest BCUT2D eigenvalue weighted by atomic mass is 35.5. The molecule has 0 aliphatic rings. The van der Waals surface area contributed by atoms with Crippen LogP contribution in [0.1, 0.15) is 49.4 Å². The number of anilines is 1. The molecule has 9 nitrogen and oxygen atoms in total. The summed E-state index contributed by atoms with van der Waals surface area (Å²) >= 11 is 18.0. The summed E-state index contributed by atoms with van der Waals surface area (Å²) in [6, 6.07) is 7.51. The lowest BCUT2D eigenvalue weighted by Gasteiger charge is -2.19. The number of aryl methyl sites for hydroxylation is 2. The van der Waals surface area contributed by atoms with Crippen LogP contribution in [-0.4, -0.2) is 36.9 Å². The number of rotatable bonds is 6. The summed E-state index contributed by atoms with van der Waals surface area (Å²) in [5.41, 5.74) is 6.61. The largest absolute Gasteiger partial charge is 0.366 e. The Morgan fingerprint density at radius 1 is 1.12 bits per heavy atom. The summed E-state index contributed by atoms with van der Waals surface area (Å²) in [4.78, 5) is 42.0. The third kappa shape index (κ3) is 5.62. The van der Waals surface area contributed by atoms with E-state index >= 15 is 0 Å². The maximum absolute atomic E-state index is 13.2. The van der Waals surface area contributed by atoms with Crippen molar-refractivity contribution in [2.24, 2.45) is 5.73 Å². The number of carbonyl (C=O) groups is 3. The molecule has 0 atom stereocenters. The van der Waals surface area contributed by atoms with Crippen molar-refractivity contribution in [3.05, 3.63) is 69.6 Å². The molecular formula is C21H19Cl3N6O3. The fourth-order valence-corrected chi connectivity index (χ4v) is 3.45. The van der Waals surface area contributed by atoms with Gasteiger partial charge in [0.05, 0.1) is 22.0 Å². The van der Waals surface area contributed by atoms with Crippen molar-refractivity contribution >= 4 is 58.2 Å². The Labute approximate surface area is 204 Å². The van der Waals surface area contributed by atoms with Gasteiger partial charge in [-0.05, 0) is 56.7 Å². The fourth-order valence-electron chi connectivity index (χ4n) is 3.07. The number of aromatic nitrogens is 3. The van der Waals surface area contributed by atoms with Gasteiger partial charge in [0.2, 0.25) is 5.91 Å². The molecule has 0 fully saturated rings. The molecule has 1 aromatic carbocycles. The lowest BCUT2D eigenvalue weighted by atomic mass is 10.0. The second-order valence-corrected chi connectivity index (χ2v) is 9.38. The van der Waals surface area contributed by atoms with E-state index in [1.165, 1.54) is 29.9 Å². The predicted octanol–water partition coefficient (Wildman–Crippen LogP) is 3.77. The van der Waals surface area contributed by atoms with E-state index in [1.54, 1.807) is 32.0 Å². The maximum atomic E-state index is 13.2. The van der Waals surface area contributed by atoms with Gasteiger partial charge >= 0.3 is 0 Å². The molecule has 0 aliphatic carbocycles. The van der Waals surface area contributed by atoms with Gasteiger partial charge < -0.3 is 16.4 Å². The van der Waals surface area contributed by atoms with Crippen molar-refractivity contribution in [3.8, 4) is 5.82 Å². The highest BCUT2D eigenvalue weighted by molar-refractivity contribution is 6.48. The summed E-state index contributed by atoms with van der Waals surface area (Å²) in [5.74, 6) is -1.80. The molecule has 3 rings (SSSR count). The highest BCUT2D eigenvalue weighted by Crippen LogP contribution is 2.27. The standard InChI is InChI=1S/C21H19Cl3N6O3/c1-10-7-12(17(25)31)9-13(19(32)28-21(3,23)24)16(10)27-20(33)15-8-11(2)29-30(15)18-14(22)5-4-6-26-18/h4-9H,1-3H3,(H2,25,31)(H,27,33)(H,28,32). The Morgan fingerprint density at radius 2 is 1.82 bits per heavy atom. The summed E-state index contributed by atoms with van der Waals surface area (Å²) < 4.78 is -0.297. The number of nitrogens with one attached hydrogen (secondary N) is 2. The Morgan fingerprint density at radius 3 is 2.42 bits per heavy atom. The zero-order chi connectivity index (χ0) is 24.5. The lowest BCUT2D eigenvalue weighted by molar-refractivity contribution is 0.0946. The number of carbonyl (C=O) groups excluding carboxylic acids is 3. The molecule has 0 unspecified atom stereocenters. The van der Waals surface area contributed by atoms with Gasteiger partial charge in [-0.15, -0.1) is 0 Å². The van der Waals surface area contributed by atoms with Gasteiger partial charge in [0.25, 0.3) is 11.8 Å². The molecule has 2 heterocycles. The minimum Gasteiger partial charge on any atom is -0.366 e. The molecule has 0 saturated carbocycles. The van der Waals surface area contributed by atoms with E-state index in [1.807, 2.05) is 0 Å². The third-order valence-electron chi connectivity index (χ3n) is 4.44. The van der Waals surface area contributed by atoms with Gasteiger partial charge in [0.1, 0.15) is 5.69 Å². The number of hydrogen-bond acceptors (Lipinski definition) is 5. The third-order valence-corrected chi connectivity index (χ3v) is 4.92. The maximum Gasteiger partial charge on any atom is 0.274 e. The number of halogens is 3. The minimum atomic E-state index is -1.60. The number of primary amides is 1. The SMILES string of the molecule is Cc1cc(C(=O)Nc2c(C)cc(C(N)=O)cc2C(=O)NC(C)(Cl)Cl)n(-c2ncccc2Cl)n1. The number of alkyl halides is 2. The molecule has 2 aromatic heterocycles. The Hall–Kier alpha value is -3.14. The van der Waals surface area contributed by atoms with Crippen LogP contribution in [0.2, 0.25) is 5.02 Å². The first-order valence-corrected chi connectivity index (χ1v) is 10.6. The Balaban J connectivity index is 2.07. The van der Waals surface area contributed by atoms with Crippen molar-refractivity contribution in [3.63, 3.8) is 0 Å². The van der Waals surface area contributed by atoms with E-state index in [9.17, 15) is 14.4 Å². The molecule has 33 heavy (non-hydrogen) atoms. The van der Waals surface area contributed by atoms with Crippen molar-refractivity contribution in [1.82, 2.24) is 20.1 Å². The van der Waals surface area contributed by atoms with Crippen molar-refractivity contribution in [1.29, 1.82) is 0 Å². The van der Waals surface area contributed by atoms with E-state index in [0.29, 0.717) is 16.3 Å². The number of nitrogens with zero attached hydrogens (tertiary/aromatic N) is 3. The number of benzene rings is 1. The molecule has 0 bridgehead atoms. The minimum absolute atomic E-state index is 0.0525. The first kappa shape index (κ1) is 24.5. The van der Waals surface area contributed by atoms with Gasteiger partial charge in [0, 0.05) is 11.8 Å². The second-order valence-electron chi connectivity index (χ2n) is 7.27. The zero-order valence-corrected chi connectivity index (χ0v) is 20.0. The topological polar surface area (TPSA) is 132 Å². The van der Waals surface area contributed by atoms with Crippen LogP contribution in [0.3, 0.4) is 0 Å². The summed E-state index contributed by atoms with van der Waals surface area (Å²) in [6.45, 7) is 4.67. The van der Waals surface area contributed by atoms with Crippen LogP contribution in [0.15, 0.2) is 36.5 Å². The van der Waals surface area contributed by atoms with Crippen molar-refractivity contribution < 1.29 is 14.4 Å². The number of amides is 3. The van der Waals surface area contributed by atoms with E-state index in [2.05, 4.69) is 20.7 Å². The Bertz CT molecular complexity index is 1270. The monoisotopic (exact) mass is 508 g/mol. The number of nitrogens with two attached hydrogens (primary N) is 1. The Kier molecular flexibility index (Phi) is 6.97. The molecule has 3 amide bonds. The first-order valence-electron chi connectivity index (χ1n) is 9.51. The second kappa shape index (κ2) is 9.38. The van der Waals surface area contributed by atoms with E-state index in [0.717, 1.165) is 0 Å². The predicted molar refractivity (Wildman–Crippen MR) is 126 cm³/mol. The normalized spacial score (nSPS) is 11.2. The molecular weight excluding hydrogens is 491 g/mol. The van der Waals surface area contributed by atoms with Crippen LogP contribution in [0, 0.1) is 13.8 Å². The number of hydrogen-bond donors (Lipinski definition) is 3. The first-order chi connectivity index (χ1) is 15.4. The van der Waals surface area contributed by atoms with Crippen LogP contribution in [0.25, 0.3) is 5.82 Å². The fraction of sp³-hybridized carbons (Fsp3) is 0.190. The van der Waals surface area contributed by atoms with E-state index in [-0.39, 0.29) is 28.3 Å². The molecule has 3 aromatic rings. The van der Waals surface area contributed by atoms with Crippen LogP contribution >= 0.6 is 34.8 Å². The summed E-state index contributed by atoms with van der Waals surface area (Å²) in [7, 11) is 0. The smallest absolute Gasteiger partial charge is 0.274 e. The molecule has 0 radical (unpaired) electrons. The van der Waals surface area contributed by atoms with Gasteiger partial charge in [-0.1, -0.05) is 34.8 Å².